The molecule has 3 aromatic rings. The molecule has 0 aliphatic rings. The fourth-order valence-corrected chi connectivity index (χ4v) is 5.35. The van der Waals surface area contributed by atoms with Crippen LogP contribution < -0.4 is 10.1 Å². The first-order valence-electron chi connectivity index (χ1n) is 10.3. The lowest BCUT2D eigenvalue weighted by Crippen LogP contribution is -2.30. The van der Waals surface area contributed by atoms with Crippen LogP contribution in [0.15, 0.2) is 52.5 Å². The summed E-state index contributed by atoms with van der Waals surface area (Å²) in [5.74, 6) is 0.315. The van der Waals surface area contributed by atoms with E-state index in [-0.39, 0.29) is 16.6 Å². The molecule has 0 atom stereocenters. The Bertz CT molecular complexity index is 1220. The lowest BCUT2D eigenvalue weighted by molar-refractivity contribution is -0.113. The summed E-state index contributed by atoms with van der Waals surface area (Å²) in [5, 5.41) is 14.9. The lowest BCUT2D eigenvalue weighted by Gasteiger charge is -2.18. The summed E-state index contributed by atoms with van der Waals surface area (Å²) < 4.78 is 33.7. The highest BCUT2D eigenvalue weighted by molar-refractivity contribution is 7.99. The molecule has 12 heteroatoms. The van der Waals surface area contributed by atoms with Gasteiger partial charge in [-0.15, -0.1) is 5.10 Å². The van der Waals surface area contributed by atoms with Crippen LogP contribution in [-0.4, -0.2) is 64.8 Å². The van der Waals surface area contributed by atoms with Gasteiger partial charge < -0.3 is 10.1 Å². The average Bonchev–Trinajstić information content (AvgIpc) is 3.27. The molecule has 10 nitrogen and oxygen atoms in total. The van der Waals surface area contributed by atoms with Crippen LogP contribution in [0, 0.1) is 6.92 Å². The fourth-order valence-electron chi connectivity index (χ4n) is 3.16. The van der Waals surface area contributed by atoms with Gasteiger partial charge in [-0.1, -0.05) is 37.7 Å². The van der Waals surface area contributed by atoms with Gasteiger partial charge in [0.25, 0.3) is 0 Å². The molecule has 0 unspecified atom stereocenters. The molecule has 3 rings (SSSR count). The second-order valence-corrected chi connectivity index (χ2v) is 9.88. The van der Waals surface area contributed by atoms with E-state index in [1.807, 2.05) is 25.1 Å². The van der Waals surface area contributed by atoms with Crippen LogP contribution in [0.5, 0.6) is 5.75 Å². The highest BCUT2D eigenvalue weighted by atomic mass is 32.2. The number of benzene rings is 2. The van der Waals surface area contributed by atoms with Crippen molar-refractivity contribution in [3.05, 3.63) is 48.0 Å². The van der Waals surface area contributed by atoms with Gasteiger partial charge >= 0.3 is 0 Å². The normalized spacial score (nSPS) is 11.5. The molecule has 1 amide bonds. The molecule has 0 spiro atoms. The molecule has 33 heavy (non-hydrogen) atoms. The van der Waals surface area contributed by atoms with E-state index in [9.17, 15) is 13.2 Å². The SMILES string of the molecule is CCN(CC)S(=O)(=O)c1cccc(NC(=O)CSc2nnnn2-c2cc(C)ccc2OC)c1. The van der Waals surface area contributed by atoms with Gasteiger partial charge in [0.15, 0.2) is 0 Å². The standard InChI is InChI=1S/C21H26N6O4S2/c1-5-26(6-2)33(29,30)17-9-7-8-16(13-17)22-20(28)14-32-21-23-24-25-27(21)18-12-15(3)10-11-19(18)31-4/h7-13H,5-6,14H2,1-4H3,(H,22,28). The van der Waals surface area contributed by atoms with E-state index in [1.54, 1.807) is 33.1 Å². The van der Waals surface area contributed by atoms with Gasteiger partial charge in [-0.05, 0) is 53.2 Å². The molecule has 2 aromatic carbocycles. The second kappa shape index (κ2) is 10.8. The van der Waals surface area contributed by atoms with Crippen LogP contribution in [0.1, 0.15) is 19.4 Å². The number of nitrogens with zero attached hydrogens (tertiary/aromatic N) is 5. The van der Waals surface area contributed by atoms with Crippen LogP contribution in [0.2, 0.25) is 0 Å². The van der Waals surface area contributed by atoms with Gasteiger partial charge in [0.2, 0.25) is 21.1 Å². The zero-order valence-corrected chi connectivity index (χ0v) is 20.5. The number of rotatable bonds is 10. The third-order valence-corrected chi connectivity index (χ3v) is 7.76. The molecule has 0 bridgehead atoms. The molecular formula is C21H26N6O4S2. The van der Waals surface area contributed by atoms with Crippen LogP contribution in [0.25, 0.3) is 5.69 Å². The number of hydrogen-bond donors (Lipinski definition) is 1. The molecule has 1 N–H and O–H groups in total. The number of anilines is 1. The first-order chi connectivity index (χ1) is 15.8. The van der Waals surface area contributed by atoms with Gasteiger partial charge in [-0.25, -0.2) is 8.42 Å². The highest BCUT2D eigenvalue weighted by Gasteiger charge is 2.22. The van der Waals surface area contributed by atoms with Crippen molar-refractivity contribution in [1.82, 2.24) is 24.5 Å². The highest BCUT2D eigenvalue weighted by Crippen LogP contribution is 2.27. The summed E-state index contributed by atoms with van der Waals surface area (Å²) >= 11 is 1.16. The molecule has 1 heterocycles. The Morgan fingerprint density at radius 3 is 2.64 bits per heavy atom. The molecule has 0 saturated heterocycles. The predicted octanol–water partition coefficient (Wildman–Crippen LogP) is 2.74. The summed E-state index contributed by atoms with van der Waals surface area (Å²) in [6.07, 6.45) is 0. The largest absolute Gasteiger partial charge is 0.494 e. The minimum absolute atomic E-state index is 0.0293. The number of methoxy groups -OCH3 is 1. The number of ether oxygens (including phenoxy) is 1. The lowest BCUT2D eigenvalue weighted by atomic mass is 10.2. The Morgan fingerprint density at radius 1 is 1.18 bits per heavy atom. The third-order valence-electron chi connectivity index (χ3n) is 4.80. The van der Waals surface area contributed by atoms with Gasteiger partial charge in [0.05, 0.1) is 17.8 Å². The number of hydrogen-bond acceptors (Lipinski definition) is 8. The van der Waals surface area contributed by atoms with Crippen molar-refractivity contribution < 1.29 is 17.9 Å². The third kappa shape index (κ3) is 5.70. The van der Waals surface area contributed by atoms with Crippen molar-refractivity contribution in [3.8, 4) is 11.4 Å². The van der Waals surface area contributed by atoms with E-state index in [2.05, 4.69) is 20.8 Å². The molecule has 0 radical (unpaired) electrons. The number of thioether (sulfide) groups is 1. The number of carbonyl (C=O) groups excluding carboxylic acids is 1. The van der Waals surface area contributed by atoms with E-state index >= 15 is 0 Å². The van der Waals surface area contributed by atoms with E-state index in [0.717, 1.165) is 17.3 Å². The summed E-state index contributed by atoms with van der Waals surface area (Å²) in [5.41, 5.74) is 2.07. The monoisotopic (exact) mass is 490 g/mol. The Labute approximate surface area is 197 Å². The van der Waals surface area contributed by atoms with E-state index < -0.39 is 10.0 Å². The first kappa shape index (κ1) is 24.7. The van der Waals surface area contributed by atoms with Crippen molar-refractivity contribution in [3.63, 3.8) is 0 Å². The summed E-state index contributed by atoms with van der Waals surface area (Å²) in [7, 11) is -2.06. The molecular weight excluding hydrogens is 464 g/mol. The second-order valence-electron chi connectivity index (χ2n) is 7.00. The molecule has 0 fully saturated rings. The molecule has 176 valence electrons. The van der Waals surface area contributed by atoms with Crippen molar-refractivity contribution >= 4 is 33.4 Å². The predicted molar refractivity (Wildman–Crippen MR) is 126 cm³/mol. The maximum atomic E-state index is 12.7. The van der Waals surface area contributed by atoms with Crippen LogP contribution >= 0.6 is 11.8 Å². The number of aryl methyl sites for hydroxylation is 1. The van der Waals surface area contributed by atoms with Crippen LogP contribution in [0.3, 0.4) is 0 Å². The number of aromatic nitrogens is 4. The van der Waals surface area contributed by atoms with Crippen molar-refractivity contribution in [1.29, 1.82) is 0 Å². The molecule has 1 aromatic heterocycles. The van der Waals surface area contributed by atoms with Crippen LogP contribution in [0.4, 0.5) is 5.69 Å². The van der Waals surface area contributed by atoms with Crippen molar-refractivity contribution in [2.24, 2.45) is 0 Å². The zero-order valence-electron chi connectivity index (χ0n) is 18.8. The van der Waals surface area contributed by atoms with Gasteiger partial charge in [-0.2, -0.15) is 8.99 Å². The number of nitrogens with one attached hydrogen (secondary N) is 1. The van der Waals surface area contributed by atoms with Crippen molar-refractivity contribution in [2.75, 3.05) is 31.3 Å². The Morgan fingerprint density at radius 2 is 1.94 bits per heavy atom. The van der Waals surface area contributed by atoms with Gasteiger partial charge in [-0.3, -0.25) is 4.79 Å². The summed E-state index contributed by atoms with van der Waals surface area (Å²) in [6.45, 7) is 6.24. The van der Waals surface area contributed by atoms with Crippen molar-refractivity contribution in [2.45, 2.75) is 30.8 Å². The topological polar surface area (TPSA) is 119 Å². The molecule has 0 saturated carbocycles. The van der Waals surface area contributed by atoms with Gasteiger partial charge in [0.1, 0.15) is 11.4 Å². The van der Waals surface area contributed by atoms with E-state index in [0.29, 0.717) is 35.4 Å². The van der Waals surface area contributed by atoms with E-state index in [4.69, 9.17) is 4.74 Å². The van der Waals surface area contributed by atoms with Crippen LogP contribution in [-0.2, 0) is 14.8 Å². The molecule has 0 aliphatic heterocycles. The summed E-state index contributed by atoms with van der Waals surface area (Å²) in [6, 6.07) is 11.9. The smallest absolute Gasteiger partial charge is 0.243 e. The maximum Gasteiger partial charge on any atom is 0.243 e. The Kier molecular flexibility index (Phi) is 8.06. The number of tetrazole rings is 1. The zero-order chi connectivity index (χ0) is 24.0. The molecule has 0 aliphatic carbocycles. The minimum Gasteiger partial charge on any atom is -0.494 e. The Hall–Kier alpha value is -2.96. The summed E-state index contributed by atoms with van der Waals surface area (Å²) in [4.78, 5) is 12.7. The number of amides is 1. The van der Waals surface area contributed by atoms with Gasteiger partial charge in [0, 0.05) is 18.8 Å². The maximum absolute atomic E-state index is 12.7. The average molecular weight is 491 g/mol. The quantitative estimate of drug-likeness (QED) is 0.431. The Balaban J connectivity index is 1.71. The number of carbonyl (C=O) groups is 1. The van der Waals surface area contributed by atoms with E-state index in [1.165, 1.54) is 21.1 Å². The first-order valence-corrected chi connectivity index (χ1v) is 12.7. The fraction of sp³-hybridized carbons (Fsp3) is 0.333. The number of sulfonamides is 1. The minimum atomic E-state index is -3.62.